The molecule has 1 unspecified atom stereocenters. The Bertz CT molecular complexity index is 149. The van der Waals surface area contributed by atoms with Gasteiger partial charge in [0.15, 0.2) is 0 Å². The normalized spacial score (nSPS) is 24.2. The van der Waals surface area contributed by atoms with E-state index in [4.69, 9.17) is 11.6 Å². The third kappa shape index (κ3) is 2.09. The molecule has 0 aromatic rings. The summed E-state index contributed by atoms with van der Waals surface area (Å²) >= 11 is 5.48. The lowest BCUT2D eigenvalue weighted by atomic mass is 10.2. The van der Waals surface area contributed by atoms with Gasteiger partial charge in [-0.2, -0.15) is 0 Å². The molecular weight excluding hydrogens is 162 g/mol. The number of alkyl halides is 1. The predicted molar refractivity (Wildman–Crippen MR) is 45.7 cm³/mol. The zero-order valence-corrected chi connectivity index (χ0v) is 7.60. The van der Waals surface area contributed by atoms with Gasteiger partial charge in [0.05, 0.1) is 0 Å². The molecule has 0 N–H and O–H groups in total. The molecule has 1 amide bonds. The first-order valence-corrected chi connectivity index (χ1v) is 4.64. The molecule has 1 aliphatic heterocycles. The van der Waals surface area contributed by atoms with Crippen LogP contribution in [0.1, 0.15) is 26.2 Å². The van der Waals surface area contributed by atoms with E-state index in [0.717, 1.165) is 19.4 Å². The van der Waals surface area contributed by atoms with Gasteiger partial charge >= 0.3 is 0 Å². The highest BCUT2D eigenvalue weighted by molar-refractivity contribution is 6.18. The van der Waals surface area contributed by atoms with Crippen molar-refractivity contribution in [3.8, 4) is 0 Å². The Morgan fingerprint density at radius 3 is 2.91 bits per heavy atom. The molecule has 1 atom stereocenters. The zero-order valence-electron chi connectivity index (χ0n) is 6.85. The van der Waals surface area contributed by atoms with Gasteiger partial charge in [-0.25, -0.2) is 0 Å². The van der Waals surface area contributed by atoms with Crippen molar-refractivity contribution in [2.45, 2.75) is 32.2 Å². The first-order chi connectivity index (χ1) is 5.25. The van der Waals surface area contributed by atoms with E-state index >= 15 is 0 Å². The molecule has 0 aromatic carbocycles. The monoisotopic (exact) mass is 175 g/mol. The average Bonchev–Trinajstić information content (AvgIpc) is 2.36. The Morgan fingerprint density at radius 1 is 1.73 bits per heavy atom. The van der Waals surface area contributed by atoms with E-state index in [9.17, 15) is 4.79 Å². The summed E-state index contributed by atoms with van der Waals surface area (Å²) in [5.74, 6) is 0.659. The number of rotatable bonds is 2. The van der Waals surface area contributed by atoms with Crippen LogP contribution in [0.2, 0.25) is 0 Å². The molecule has 0 spiro atoms. The van der Waals surface area contributed by atoms with Crippen molar-refractivity contribution in [1.82, 2.24) is 4.90 Å². The predicted octanol–water partition coefficient (Wildman–Crippen LogP) is 1.63. The number of carbonyl (C=O) groups is 1. The summed E-state index contributed by atoms with van der Waals surface area (Å²) in [5.41, 5.74) is 0. The van der Waals surface area contributed by atoms with Gasteiger partial charge in [-0.1, -0.05) is 0 Å². The van der Waals surface area contributed by atoms with Gasteiger partial charge in [-0.15, -0.1) is 11.6 Å². The van der Waals surface area contributed by atoms with Crippen molar-refractivity contribution in [1.29, 1.82) is 0 Å². The third-order valence-electron chi connectivity index (χ3n) is 2.18. The van der Waals surface area contributed by atoms with Gasteiger partial charge in [0, 0.05) is 24.9 Å². The lowest BCUT2D eigenvalue weighted by Gasteiger charge is -2.20. The second kappa shape index (κ2) is 3.96. The quantitative estimate of drug-likeness (QED) is 0.585. The third-order valence-corrected chi connectivity index (χ3v) is 2.37. The number of likely N-dealkylation sites (tertiary alicyclic amines) is 1. The van der Waals surface area contributed by atoms with Crippen molar-refractivity contribution in [3.63, 3.8) is 0 Å². The minimum Gasteiger partial charge on any atom is -0.340 e. The Hall–Kier alpha value is -0.240. The largest absolute Gasteiger partial charge is 0.340 e. The van der Waals surface area contributed by atoms with Crippen molar-refractivity contribution in [3.05, 3.63) is 0 Å². The number of halogens is 1. The summed E-state index contributed by atoms with van der Waals surface area (Å²) < 4.78 is 0. The molecule has 0 saturated carbocycles. The van der Waals surface area contributed by atoms with E-state index < -0.39 is 0 Å². The Balaban J connectivity index is 2.39. The van der Waals surface area contributed by atoms with Crippen LogP contribution < -0.4 is 0 Å². The van der Waals surface area contributed by atoms with Crippen molar-refractivity contribution < 1.29 is 4.79 Å². The summed E-state index contributed by atoms with van der Waals surface area (Å²) in [5, 5.41) is 0. The Kier molecular flexibility index (Phi) is 3.18. The fourth-order valence-electron chi connectivity index (χ4n) is 1.53. The van der Waals surface area contributed by atoms with Crippen LogP contribution in [0.25, 0.3) is 0 Å². The molecule has 0 aromatic heterocycles. The van der Waals surface area contributed by atoms with Gasteiger partial charge in [0.1, 0.15) is 0 Å². The second-order valence-corrected chi connectivity index (χ2v) is 3.40. The van der Waals surface area contributed by atoms with Crippen LogP contribution in [-0.2, 0) is 4.79 Å². The highest BCUT2D eigenvalue weighted by atomic mass is 35.5. The van der Waals surface area contributed by atoms with Crippen LogP contribution in [0.3, 0.4) is 0 Å². The molecule has 1 fully saturated rings. The number of carbonyl (C=O) groups excluding carboxylic acids is 1. The van der Waals surface area contributed by atoms with Gasteiger partial charge in [-0.05, 0) is 19.8 Å². The SMILES string of the molecule is CC1CCCN1C(=O)CCCl. The van der Waals surface area contributed by atoms with E-state index in [2.05, 4.69) is 6.92 Å². The smallest absolute Gasteiger partial charge is 0.224 e. The van der Waals surface area contributed by atoms with Crippen LogP contribution >= 0.6 is 11.6 Å². The first kappa shape index (κ1) is 8.85. The molecule has 1 saturated heterocycles. The van der Waals surface area contributed by atoms with Crippen LogP contribution in [0.5, 0.6) is 0 Å². The van der Waals surface area contributed by atoms with Crippen LogP contribution in [0.15, 0.2) is 0 Å². The highest BCUT2D eigenvalue weighted by Gasteiger charge is 2.23. The van der Waals surface area contributed by atoms with E-state index in [1.165, 1.54) is 0 Å². The van der Waals surface area contributed by atoms with Gasteiger partial charge < -0.3 is 4.90 Å². The molecule has 0 aliphatic carbocycles. The molecule has 64 valence electrons. The number of nitrogens with zero attached hydrogens (tertiary/aromatic N) is 1. The summed E-state index contributed by atoms with van der Waals surface area (Å²) in [4.78, 5) is 13.2. The summed E-state index contributed by atoms with van der Waals surface area (Å²) in [6.07, 6.45) is 2.79. The van der Waals surface area contributed by atoms with Crippen molar-refractivity contribution in [2.75, 3.05) is 12.4 Å². The maximum absolute atomic E-state index is 11.3. The number of amides is 1. The summed E-state index contributed by atoms with van der Waals surface area (Å²) in [6.45, 7) is 3.02. The molecule has 0 radical (unpaired) electrons. The van der Waals surface area contributed by atoms with Crippen LogP contribution in [0, 0.1) is 0 Å². The lowest BCUT2D eigenvalue weighted by Crippen LogP contribution is -2.33. The minimum absolute atomic E-state index is 0.213. The molecular formula is C8H14ClNO. The molecule has 11 heavy (non-hydrogen) atoms. The topological polar surface area (TPSA) is 20.3 Å². The number of hydrogen-bond donors (Lipinski definition) is 0. The molecule has 3 heteroatoms. The highest BCUT2D eigenvalue weighted by Crippen LogP contribution is 2.17. The maximum atomic E-state index is 11.3. The van der Waals surface area contributed by atoms with Gasteiger partial charge in [0.2, 0.25) is 5.91 Å². The van der Waals surface area contributed by atoms with Gasteiger partial charge in [-0.3, -0.25) is 4.79 Å². The fraction of sp³-hybridized carbons (Fsp3) is 0.875. The molecule has 0 bridgehead atoms. The standard InChI is InChI=1S/C8H14ClNO/c1-7-3-2-6-10(7)8(11)4-5-9/h7H,2-6H2,1H3. The Labute approximate surface area is 72.5 Å². The van der Waals surface area contributed by atoms with Gasteiger partial charge in [0.25, 0.3) is 0 Å². The molecule has 2 nitrogen and oxygen atoms in total. The Morgan fingerprint density at radius 2 is 2.45 bits per heavy atom. The zero-order chi connectivity index (χ0) is 8.27. The van der Waals surface area contributed by atoms with E-state index in [1.807, 2.05) is 4.90 Å². The lowest BCUT2D eigenvalue weighted by molar-refractivity contribution is -0.131. The minimum atomic E-state index is 0.213. The van der Waals surface area contributed by atoms with E-state index in [-0.39, 0.29) is 5.91 Å². The molecule has 1 aliphatic rings. The van der Waals surface area contributed by atoms with Crippen molar-refractivity contribution >= 4 is 17.5 Å². The number of hydrogen-bond acceptors (Lipinski definition) is 1. The van der Waals surface area contributed by atoms with E-state index in [0.29, 0.717) is 18.3 Å². The first-order valence-electron chi connectivity index (χ1n) is 4.11. The summed E-state index contributed by atoms with van der Waals surface area (Å²) in [6, 6.07) is 0.436. The average molecular weight is 176 g/mol. The molecule has 1 rings (SSSR count). The maximum Gasteiger partial charge on any atom is 0.224 e. The van der Waals surface area contributed by atoms with Crippen LogP contribution in [-0.4, -0.2) is 29.3 Å². The fourth-order valence-corrected chi connectivity index (χ4v) is 1.69. The molecule has 1 heterocycles. The second-order valence-electron chi connectivity index (χ2n) is 3.02. The van der Waals surface area contributed by atoms with E-state index in [1.54, 1.807) is 0 Å². The van der Waals surface area contributed by atoms with Crippen LogP contribution in [0.4, 0.5) is 0 Å². The van der Waals surface area contributed by atoms with Crippen molar-refractivity contribution in [2.24, 2.45) is 0 Å². The summed E-state index contributed by atoms with van der Waals surface area (Å²) in [7, 11) is 0.